The van der Waals surface area contributed by atoms with Crippen LogP contribution in [0.4, 0.5) is 5.82 Å². The summed E-state index contributed by atoms with van der Waals surface area (Å²) in [5.74, 6) is 0.670. The van der Waals surface area contributed by atoms with E-state index in [1.54, 1.807) is 11.3 Å². The van der Waals surface area contributed by atoms with Crippen molar-refractivity contribution >= 4 is 40.4 Å². The van der Waals surface area contributed by atoms with E-state index >= 15 is 0 Å². The molecule has 0 aromatic carbocycles. The molecule has 6 heteroatoms. The van der Waals surface area contributed by atoms with Gasteiger partial charge in [-0.25, -0.2) is 4.98 Å². The molecule has 2 aromatic rings. The normalized spacial score (nSPS) is 10.5. The maximum absolute atomic E-state index is 6.03. The van der Waals surface area contributed by atoms with Crippen molar-refractivity contribution in [2.45, 2.75) is 6.42 Å². The van der Waals surface area contributed by atoms with Crippen LogP contribution in [0.3, 0.4) is 0 Å². The van der Waals surface area contributed by atoms with Crippen LogP contribution in [0.5, 0.6) is 0 Å². The van der Waals surface area contributed by atoms with Crippen molar-refractivity contribution in [3.63, 3.8) is 0 Å². The number of nitrogens with zero attached hydrogens (tertiary/aromatic N) is 3. The van der Waals surface area contributed by atoms with Gasteiger partial charge < -0.3 is 4.90 Å². The first-order valence-electron chi connectivity index (χ1n) is 5.08. The third-order valence-corrected chi connectivity index (χ3v) is 3.72. The number of likely N-dealkylation sites (N-methyl/N-ethyl adjacent to an activating group) is 1. The van der Waals surface area contributed by atoms with E-state index in [0.717, 1.165) is 13.0 Å². The van der Waals surface area contributed by atoms with Gasteiger partial charge in [-0.05, 0) is 29.5 Å². The summed E-state index contributed by atoms with van der Waals surface area (Å²) in [6.07, 6.45) is 2.49. The van der Waals surface area contributed by atoms with Crippen molar-refractivity contribution in [2.24, 2.45) is 0 Å². The van der Waals surface area contributed by atoms with Gasteiger partial charge in [-0.2, -0.15) is 4.98 Å². The second-order valence-electron chi connectivity index (χ2n) is 3.56. The summed E-state index contributed by atoms with van der Waals surface area (Å²) >= 11 is 13.5. The van der Waals surface area contributed by atoms with Crippen LogP contribution in [0, 0.1) is 0 Å². The molecule has 2 aromatic heterocycles. The lowest BCUT2D eigenvalue weighted by Gasteiger charge is -2.18. The van der Waals surface area contributed by atoms with Gasteiger partial charge in [0.2, 0.25) is 5.28 Å². The molecule has 0 radical (unpaired) electrons. The van der Waals surface area contributed by atoms with Gasteiger partial charge >= 0.3 is 0 Å². The van der Waals surface area contributed by atoms with Gasteiger partial charge in [0.1, 0.15) is 5.02 Å². The zero-order valence-corrected chi connectivity index (χ0v) is 11.6. The molecule has 0 saturated carbocycles. The van der Waals surface area contributed by atoms with Gasteiger partial charge in [0.05, 0.1) is 6.20 Å². The quantitative estimate of drug-likeness (QED) is 0.806. The topological polar surface area (TPSA) is 29.0 Å². The summed E-state index contributed by atoms with van der Waals surface area (Å²) in [4.78, 5) is 11.3. The van der Waals surface area contributed by atoms with Gasteiger partial charge in [0, 0.05) is 18.5 Å². The lowest BCUT2D eigenvalue weighted by molar-refractivity contribution is 0.864. The molecule has 0 amide bonds. The number of hydrogen-bond acceptors (Lipinski definition) is 4. The highest BCUT2D eigenvalue weighted by atomic mass is 35.5. The van der Waals surface area contributed by atoms with Crippen molar-refractivity contribution in [3.05, 3.63) is 38.9 Å². The van der Waals surface area contributed by atoms with Gasteiger partial charge in [-0.3, -0.25) is 0 Å². The molecule has 0 fully saturated rings. The van der Waals surface area contributed by atoms with Gasteiger partial charge in [-0.1, -0.05) is 17.7 Å². The molecule has 3 nitrogen and oxygen atoms in total. The van der Waals surface area contributed by atoms with E-state index in [-0.39, 0.29) is 5.28 Å². The molecule has 0 aliphatic heterocycles. The van der Waals surface area contributed by atoms with Crippen LogP contribution in [0.2, 0.25) is 10.3 Å². The van der Waals surface area contributed by atoms with Gasteiger partial charge in [0.15, 0.2) is 5.82 Å². The fourth-order valence-electron chi connectivity index (χ4n) is 1.44. The number of thiophene rings is 1. The minimum absolute atomic E-state index is 0.215. The SMILES string of the molecule is CN(CCc1cccs1)c1nc(Cl)ncc1Cl. The Morgan fingerprint density at radius 3 is 2.94 bits per heavy atom. The number of hydrogen-bond donors (Lipinski definition) is 0. The number of anilines is 1. The van der Waals surface area contributed by atoms with Crippen LogP contribution in [0.1, 0.15) is 4.88 Å². The molecule has 0 aliphatic carbocycles. The summed E-state index contributed by atoms with van der Waals surface area (Å²) < 4.78 is 0. The van der Waals surface area contributed by atoms with Crippen molar-refractivity contribution in [1.29, 1.82) is 0 Å². The van der Waals surface area contributed by atoms with Gasteiger partial charge in [-0.15, -0.1) is 11.3 Å². The van der Waals surface area contributed by atoms with Crippen LogP contribution in [0.25, 0.3) is 0 Å². The Morgan fingerprint density at radius 2 is 2.24 bits per heavy atom. The zero-order valence-electron chi connectivity index (χ0n) is 9.23. The fourth-order valence-corrected chi connectivity index (χ4v) is 2.51. The lowest BCUT2D eigenvalue weighted by Crippen LogP contribution is -2.21. The highest BCUT2D eigenvalue weighted by molar-refractivity contribution is 7.09. The predicted octanol–water partition coefficient (Wildman–Crippen LogP) is 3.52. The Morgan fingerprint density at radius 1 is 1.41 bits per heavy atom. The molecule has 0 bridgehead atoms. The molecule has 2 heterocycles. The van der Waals surface area contributed by atoms with E-state index in [4.69, 9.17) is 23.2 Å². The van der Waals surface area contributed by atoms with Crippen molar-refractivity contribution < 1.29 is 0 Å². The molecule has 0 unspecified atom stereocenters. The highest BCUT2D eigenvalue weighted by Gasteiger charge is 2.09. The van der Waals surface area contributed by atoms with Crippen LogP contribution in [-0.2, 0) is 6.42 Å². The standard InChI is InChI=1S/C11H11Cl2N3S/c1-16(5-4-8-3-2-6-17-8)10-9(12)7-14-11(13)15-10/h2-3,6-7H,4-5H2,1H3. The number of halogens is 2. The molecule has 17 heavy (non-hydrogen) atoms. The van der Waals surface area contributed by atoms with Crippen LogP contribution in [0.15, 0.2) is 23.7 Å². The molecule has 2 rings (SSSR count). The monoisotopic (exact) mass is 287 g/mol. The molecular weight excluding hydrogens is 277 g/mol. The second-order valence-corrected chi connectivity index (χ2v) is 5.34. The highest BCUT2D eigenvalue weighted by Crippen LogP contribution is 2.23. The molecule has 0 spiro atoms. The van der Waals surface area contributed by atoms with Crippen LogP contribution < -0.4 is 4.90 Å². The summed E-state index contributed by atoms with van der Waals surface area (Å²) in [7, 11) is 1.94. The van der Waals surface area contributed by atoms with E-state index in [9.17, 15) is 0 Å². The molecule has 0 saturated heterocycles. The zero-order chi connectivity index (χ0) is 12.3. The summed E-state index contributed by atoms with van der Waals surface area (Å²) in [6.45, 7) is 0.841. The Hall–Kier alpha value is -0.840. The summed E-state index contributed by atoms with van der Waals surface area (Å²) in [5, 5.41) is 2.81. The molecule has 90 valence electrons. The van der Waals surface area contributed by atoms with Crippen LogP contribution >= 0.6 is 34.5 Å². The van der Waals surface area contributed by atoms with Gasteiger partial charge in [0.25, 0.3) is 0 Å². The number of rotatable bonds is 4. The molecule has 0 aliphatic rings. The third kappa shape index (κ3) is 3.31. The largest absolute Gasteiger partial charge is 0.358 e. The Bertz CT molecular complexity index is 487. The fraction of sp³-hybridized carbons (Fsp3) is 0.273. The smallest absolute Gasteiger partial charge is 0.224 e. The van der Waals surface area contributed by atoms with E-state index in [2.05, 4.69) is 27.5 Å². The van der Waals surface area contributed by atoms with E-state index in [1.165, 1.54) is 11.1 Å². The van der Waals surface area contributed by atoms with E-state index in [0.29, 0.717) is 10.8 Å². The third-order valence-electron chi connectivity index (χ3n) is 2.33. The average molecular weight is 288 g/mol. The molecule has 0 N–H and O–H groups in total. The molecule has 0 atom stereocenters. The maximum Gasteiger partial charge on any atom is 0.224 e. The first-order valence-corrected chi connectivity index (χ1v) is 6.72. The first-order chi connectivity index (χ1) is 8.16. The minimum atomic E-state index is 0.215. The van der Waals surface area contributed by atoms with E-state index < -0.39 is 0 Å². The van der Waals surface area contributed by atoms with E-state index in [1.807, 2.05) is 11.9 Å². The molecular formula is C11H11Cl2N3S. The van der Waals surface area contributed by atoms with Crippen molar-refractivity contribution in [2.75, 3.05) is 18.5 Å². The summed E-state index contributed by atoms with van der Waals surface area (Å²) in [5.41, 5.74) is 0. The predicted molar refractivity (Wildman–Crippen MR) is 73.3 cm³/mol. The Balaban J connectivity index is 2.04. The maximum atomic E-state index is 6.03. The second kappa shape index (κ2) is 5.67. The summed E-state index contributed by atoms with van der Waals surface area (Å²) in [6, 6.07) is 4.17. The minimum Gasteiger partial charge on any atom is -0.358 e. The van der Waals surface area contributed by atoms with Crippen molar-refractivity contribution in [1.82, 2.24) is 9.97 Å². The number of aromatic nitrogens is 2. The first kappa shape index (κ1) is 12.6. The Labute approximate surface area is 114 Å². The average Bonchev–Trinajstić information content (AvgIpc) is 2.82. The Kier molecular flexibility index (Phi) is 4.20. The van der Waals surface area contributed by atoms with Crippen molar-refractivity contribution in [3.8, 4) is 0 Å². The lowest BCUT2D eigenvalue weighted by atomic mass is 10.3. The van der Waals surface area contributed by atoms with Crippen LogP contribution in [-0.4, -0.2) is 23.6 Å².